The van der Waals surface area contributed by atoms with E-state index in [1.54, 1.807) is 13.8 Å². The van der Waals surface area contributed by atoms with E-state index in [9.17, 15) is 9.13 Å². The van der Waals surface area contributed by atoms with Gasteiger partial charge in [-0.3, -0.25) is 18.1 Å². The summed E-state index contributed by atoms with van der Waals surface area (Å²) in [5, 5.41) is 0.0938. The number of aromatic nitrogens is 4. The molecule has 0 fully saturated rings. The molecule has 194 valence electrons. The zero-order valence-corrected chi connectivity index (χ0v) is 21.9. The molecule has 2 aromatic heterocycles. The van der Waals surface area contributed by atoms with E-state index in [1.807, 2.05) is 0 Å². The van der Waals surface area contributed by atoms with E-state index in [1.165, 1.54) is 31.1 Å². The average Bonchev–Trinajstić information content (AvgIpc) is 3.17. The smallest absolute Gasteiger partial charge is 0.315 e. The number of hydrogen-bond donors (Lipinski definition) is 0. The lowest BCUT2D eigenvalue weighted by atomic mass is 10.1. The molecule has 0 spiro atoms. The first-order valence-electron chi connectivity index (χ1n) is 10.7. The van der Waals surface area contributed by atoms with Gasteiger partial charge in [-0.1, -0.05) is 11.6 Å². The Morgan fingerprint density at radius 2 is 1.56 bits per heavy atom. The van der Waals surface area contributed by atoms with Crippen molar-refractivity contribution in [1.82, 2.24) is 19.5 Å². The average molecular weight is 549 g/mol. The van der Waals surface area contributed by atoms with Crippen molar-refractivity contribution in [2.75, 3.05) is 33.0 Å². The van der Waals surface area contributed by atoms with E-state index in [4.69, 9.17) is 34.2 Å². The van der Waals surface area contributed by atoms with Crippen LogP contribution in [-0.2, 0) is 38.3 Å². The van der Waals surface area contributed by atoms with Crippen molar-refractivity contribution >= 4 is 38.2 Å². The van der Waals surface area contributed by atoms with Gasteiger partial charge in [0.25, 0.3) is 0 Å². The number of imidazole rings is 1. The lowest BCUT2D eigenvalue weighted by molar-refractivity contribution is 0.00476. The summed E-state index contributed by atoms with van der Waals surface area (Å²) in [6, 6.07) is 0. The molecule has 1 atom stereocenters. The Hall–Kier alpha value is -1.04. The Labute approximate surface area is 201 Å². The molecule has 11 nitrogen and oxygen atoms in total. The molecule has 0 saturated carbocycles. The van der Waals surface area contributed by atoms with Gasteiger partial charge >= 0.3 is 21.1 Å². The predicted molar refractivity (Wildman–Crippen MR) is 121 cm³/mol. The van der Waals surface area contributed by atoms with E-state index >= 15 is 8.78 Å². The van der Waals surface area contributed by atoms with Crippen molar-refractivity contribution in [2.24, 2.45) is 5.92 Å². The van der Waals surface area contributed by atoms with E-state index in [0.29, 0.717) is 5.65 Å². The van der Waals surface area contributed by atoms with Crippen LogP contribution in [0.3, 0.4) is 0 Å². The van der Waals surface area contributed by atoms with Crippen LogP contribution in [0.4, 0.5) is 8.78 Å². The summed E-state index contributed by atoms with van der Waals surface area (Å²) in [6.07, 6.45) is 1.58. The summed E-state index contributed by atoms with van der Waals surface area (Å²) in [7, 11) is -8.80. The predicted octanol–water partition coefficient (Wildman–Crippen LogP) is 5.54. The molecule has 0 aliphatic heterocycles. The van der Waals surface area contributed by atoms with E-state index in [0.717, 1.165) is 0 Å². The first kappa shape index (κ1) is 29.2. The molecule has 0 N–H and O–H groups in total. The molecule has 0 aliphatic carbocycles. The third-order valence-corrected chi connectivity index (χ3v) is 8.46. The minimum Gasteiger partial charge on any atom is -0.315 e. The second-order valence-electron chi connectivity index (χ2n) is 6.88. The molecular formula is C18H29ClF2N4O7P2. The molecule has 16 heteroatoms. The maximum absolute atomic E-state index is 15.2. The highest BCUT2D eigenvalue weighted by Crippen LogP contribution is 2.64. The zero-order chi connectivity index (χ0) is 25.4. The molecule has 2 heterocycles. The van der Waals surface area contributed by atoms with E-state index in [2.05, 4.69) is 15.0 Å². The molecule has 0 unspecified atom stereocenters. The zero-order valence-electron chi connectivity index (χ0n) is 19.4. The van der Waals surface area contributed by atoms with Crippen LogP contribution in [0.2, 0.25) is 5.15 Å². The Balaban J connectivity index is 2.36. The lowest BCUT2D eigenvalue weighted by Crippen LogP contribution is -2.28. The number of halogens is 3. The van der Waals surface area contributed by atoms with Crippen molar-refractivity contribution in [3.63, 3.8) is 0 Å². The van der Waals surface area contributed by atoms with Crippen LogP contribution in [0.15, 0.2) is 12.7 Å². The minimum atomic E-state index is -4.80. The summed E-state index contributed by atoms with van der Waals surface area (Å²) in [5.41, 5.74) is -3.31. The fourth-order valence-electron chi connectivity index (χ4n) is 3.09. The van der Waals surface area contributed by atoms with Crippen molar-refractivity contribution in [1.29, 1.82) is 0 Å². The first-order valence-corrected chi connectivity index (χ1v) is 14.0. The summed E-state index contributed by atoms with van der Waals surface area (Å²) in [4.78, 5) is 12.0. The van der Waals surface area contributed by atoms with Crippen LogP contribution in [0.25, 0.3) is 11.2 Å². The van der Waals surface area contributed by atoms with Gasteiger partial charge in [-0.15, -0.1) is 0 Å². The van der Waals surface area contributed by atoms with Crippen LogP contribution >= 0.6 is 27.0 Å². The molecule has 2 rings (SSSR count). The molecule has 2 aromatic rings. The Morgan fingerprint density at radius 1 is 0.971 bits per heavy atom. The molecule has 0 bridgehead atoms. The standard InChI is InChI=1S/C18H29ClF2N4O7P2/c1-5-28-33(26,29-6-2)18(20,21)9-14(11-32-34(27,30-7-3)31-8-4)10-25-13-24-15-16(19)22-12-23-17(15)25/h12-14H,5-11H2,1-4H3/t14-/m1/s1. The first-order chi connectivity index (χ1) is 16.0. The number of alkyl halides is 2. The second-order valence-corrected chi connectivity index (χ2v) is 11.1. The van der Waals surface area contributed by atoms with Crippen molar-refractivity contribution in [2.45, 2.75) is 46.3 Å². The summed E-state index contributed by atoms with van der Waals surface area (Å²) >= 11 is 6.02. The van der Waals surface area contributed by atoms with E-state index in [-0.39, 0.29) is 43.6 Å². The molecule has 0 aliphatic rings. The van der Waals surface area contributed by atoms with Gasteiger partial charge in [0.05, 0.1) is 39.4 Å². The number of fused-ring (bicyclic) bond motifs is 1. The van der Waals surface area contributed by atoms with Gasteiger partial charge in [0, 0.05) is 18.9 Å². The number of phosphoric ester groups is 1. The highest BCUT2D eigenvalue weighted by atomic mass is 35.5. The molecule has 34 heavy (non-hydrogen) atoms. The van der Waals surface area contributed by atoms with Gasteiger partial charge in [-0.25, -0.2) is 19.5 Å². The summed E-state index contributed by atoms with van der Waals surface area (Å²) < 4.78 is 82.8. The maximum Gasteiger partial charge on any atom is 0.474 e. The van der Waals surface area contributed by atoms with Gasteiger partial charge in [-0.05, 0) is 27.7 Å². The SMILES string of the molecule is CCOP(=O)(OCC)OC[C@@H](Cn1cnc2c(Cl)ncnc21)CC(F)(F)P(=O)(OCC)OCC. The minimum absolute atomic E-state index is 0.0174. The van der Waals surface area contributed by atoms with Crippen LogP contribution in [0.1, 0.15) is 34.1 Å². The largest absolute Gasteiger partial charge is 0.474 e. The monoisotopic (exact) mass is 548 g/mol. The third kappa shape index (κ3) is 7.24. The van der Waals surface area contributed by atoms with Crippen LogP contribution in [0, 0.1) is 5.92 Å². The molecule has 0 aromatic carbocycles. The third-order valence-electron chi connectivity index (χ3n) is 4.39. The summed E-state index contributed by atoms with van der Waals surface area (Å²) in [6.45, 7) is 4.99. The van der Waals surface area contributed by atoms with Crippen molar-refractivity contribution < 1.29 is 40.5 Å². The van der Waals surface area contributed by atoms with Crippen LogP contribution in [-0.4, -0.2) is 58.2 Å². The number of hydrogen-bond acceptors (Lipinski definition) is 10. The highest BCUT2D eigenvalue weighted by molar-refractivity contribution is 7.55. The van der Waals surface area contributed by atoms with Gasteiger partial charge in [0.2, 0.25) is 0 Å². The topological polar surface area (TPSA) is 124 Å². The van der Waals surface area contributed by atoms with Gasteiger partial charge < -0.3 is 13.6 Å². The lowest BCUT2D eigenvalue weighted by Gasteiger charge is -2.29. The molecule has 0 amide bonds. The van der Waals surface area contributed by atoms with Gasteiger partial charge in [0.1, 0.15) is 11.8 Å². The number of rotatable bonds is 16. The van der Waals surface area contributed by atoms with Gasteiger partial charge in [-0.2, -0.15) is 8.78 Å². The fourth-order valence-corrected chi connectivity index (χ4v) is 6.13. The van der Waals surface area contributed by atoms with Gasteiger partial charge in [0.15, 0.2) is 10.8 Å². The van der Waals surface area contributed by atoms with Crippen molar-refractivity contribution in [3.05, 3.63) is 17.8 Å². The number of nitrogens with zero attached hydrogens (tertiary/aromatic N) is 4. The second kappa shape index (κ2) is 12.8. The molecule has 0 radical (unpaired) electrons. The summed E-state index contributed by atoms with van der Waals surface area (Å²) in [5.74, 6) is -1.07. The van der Waals surface area contributed by atoms with Crippen LogP contribution < -0.4 is 0 Å². The van der Waals surface area contributed by atoms with E-state index < -0.39 is 40.0 Å². The Bertz CT molecular complexity index is 1010. The fraction of sp³-hybridized carbons (Fsp3) is 0.722. The van der Waals surface area contributed by atoms with Crippen molar-refractivity contribution in [3.8, 4) is 0 Å². The van der Waals surface area contributed by atoms with Crippen LogP contribution in [0.5, 0.6) is 0 Å². The maximum atomic E-state index is 15.2. The molecule has 0 saturated heterocycles. The normalized spacial score (nSPS) is 14.1. The number of phosphoric acid groups is 1. The highest BCUT2D eigenvalue weighted by Gasteiger charge is 2.54. The molecular weight excluding hydrogens is 520 g/mol. The quantitative estimate of drug-likeness (QED) is 0.195. The Kier molecular flexibility index (Phi) is 11.0. The Morgan fingerprint density at radius 3 is 2.12 bits per heavy atom.